The smallest absolute Gasteiger partial charge is 0.185 e. The summed E-state index contributed by atoms with van der Waals surface area (Å²) in [5.74, 6) is 6.74. The van der Waals surface area contributed by atoms with Crippen molar-refractivity contribution in [3.05, 3.63) is 30.1 Å². The monoisotopic (exact) mass is 205 g/mol. The Morgan fingerprint density at radius 3 is 3.14 bits per heavy atom. The Bertz CT molecular complexity index is 351. The number of carbonyl (C=O) groups is 1. The van der Waals surface area contributed by atoms with Gasteiger partial charge in [0.25, 0.3) is 0 Å². The molecule has 0 aliphatic carbocycles. The molecule has 1 rings (SSSR count). The van der Waals surface area contributed by atoms with E-state index >= 15 is 0 Å². The molecule has 0 N–H and O–H groups in total. The maximum absolute atomic E-state index is 10.6. The van der Waals surface area contributed by atoms with E-state index in [9.17, 15) is 4.79 Å². The third-order valence-corrected chi connectivity index (χ3v) is 2.24. The third-order valence-electron chi connectivity index (χ3n) is 1.43. The Morgan fingerprint density at radius 2 is 2.50 bits per heavy atom. The highest BCUT2D eigenvalue weighted by atomic mass is 32.2. The minimum atomic E-state index is 0.146. The first-order valence-corrected chi connectivity index (χ1v) is 5.30. The second-order valence-corrected chi connectivity index (χ2v) is 3.91. The summed E-state index contributed by atoms with van der Waals surface area (Å²) in [5.41, 5.74) is 0.917. The number of carbonyl (C=O) groups excluding carboxylic acids is 1. The normalized spacial score (nSPS) is 8.93. The van der Waals surface area contributed by atoms with Crippen LogP contribution in [0, 0.1) is 11.8 Å². The van der Waals surface area contributed by atoms with E-state index in [0.29, 0.717) is 0 Å². The van der Waals surface area contributed by atoms with Gasteiger partial charge in [-0.15, -0.1) is 0 Å². The Hall–Kier alpha value is -1.27. The molecule has 1 aromatic rings. The summed E-state index contributed by atoms with van der Waals surface area (Å²) < 4.78 is 0. The molecule has 0 unspecified atom stereocenters. The molecule has 1 aromatic heterocycles. The van der Waals surface area contributed by atoms with Gasteiger partial charge >= 0.3 is 0 Å². The summed E-state index contributed by atoms with van der Waals surface area (Å²) in [4.78, 5) is 14.5. The first-order valence-electron chi connectivity index (χ1n) is 4.31. The van der Waals surface area contributed by atoms with Crippen LogP contribution in [-0.2, 0) is 4.79 Å². The maximum atomic E-state index is 10.6. The number of aromatic nitrogens is 1. The van der Waals surface area contributed by atoms with Gasteiger partial charge in [0.1, 0.15) is 0 Å². The molecule has 0 aromatic carbocycles. The molecule has 0 aliphatic heterocycles. The highest BCUT2D eigenvalue weighted by Gasteiger charge is 1.90. The minimum Gasteiger partial charge on any atom is -0.288 e. The third kappa shape index (κ3) is 4.68. The Labute approximate surface area is 88.1 Å². The average Bonchev–Trinajstić information content (AvgIpc) is 2.18. The van der Waals surface area contributed by atoms with E-state index in [-0.39, 0.29) is 5.12 Å². The Kier molecular flexibility index (Phi) is 4.81. The fourth-order valence-electron chi connectivity index (χ4n) is 0.847. The molecule has 0 saturated carbocycles. The zero-order chi connectivity index (χ0) is 10.2. The maximum Gasteiger partial charge on any atom is 0.185 e. The van der Waals surface area contributed by atoms with E-state index in [1.54, 1.807) is 19.3 Å². The summed E-state index contributed by atoms with van der Waals surface area (Å²) in [5, 5.41) is 0.146. The summed E-state index contributed by atoms with van der Waals surface area (Å²) >= 11 is 1.31. The van der Waals surface area contributed by atoms with Gasteiger partial charge in [-0.2, -0.15) is 0 Å². The van der Waals surface area contributed by atoms with Gasteiger partial charge in [-0.1, -0.05) is 23.6 Å². The van der Waals surface area contributed by atoms with E-state index in [2.05, 4.69) is 16.8 Å². The van der Waals surface area contributed by atoms with Crippen LogP contribution in [-0.4, -0.2) is 15.9 Å². The van der Waals surface area contributed by atoms with Gasteiger partial charge in [0.05, 0.1) is 0 Å². The molecule has 0 bridgehead atoms. The summed E-state index contributed by atoms with van der Waals surface area (Å²) in [7, 11) is 0. The van der Waals surface area contributed by atoms with Gasteiger partial charge in [-0.25, -0.2) is 0 Å². The van der Waals surface area contributed by atoms with Crippen molar-refractivity contribution in [2.24, 2.45) is 0 Å². The van der Waals surface area contributed by atoms with Crippen molar-refractivity contribution >= 4 is 16.9 Å². The van der Waals surface area contributed by atoms with E-state index < -0.39 is 0 Å². The van der Waals surface area contributed by atoms with Crippen LogP contribution in [0.25, 0.3) is 0 Å². The zero-order valence-corrected chi connectivity index (χ0v) is 8.80. The Balaban J connectivity index is 2.31. The fraction of sp³-hybridized carbons (Fsp3) is 0.273. The van der Waals surface area contributed by atoms with Gasteiger partial charge in [0.15, 0.2) is 5.12 Å². The predicted molar refractivity (Wildman–Crippen MR) is 58.9 cm³/mol. The van der Waals surface area contributed by atoms with Crippen LogP contribution < -0.4 is 0 Å². The number of thioether (sulfide) groups is 1. The lowest BCUT2D eigenvalue weighted by Crippen LogP contribution is -1.84. The van der Waals surface area contributed by atoms with Gasteiger partial charge in [-0.05, 0) is 12.1 Å². The number of hydrogen-bond acceptors (Lipinski definition) is 3. The standard InChI is InChI=1S/C11H11NOS/c1-10(13)14-8-3-2-5-11-6-4-7-12-9-11/h4,6-7,9H,3,8H2,1H3. The second kappa shape index (κ2) is 6.22. The van der Waals surface area contributed by atoms with Gasteiger partial charge in [0, 0.05) is 37.1 Å². The molecule has 0 amide bonds. The minimum absolute atomic E-state index is 0.146. The van der Waals surface area contributed by atoms with Crippen molar-refractivity contribution in [2.75, 3.05) is 5.75 Å². The van der Waals surface area contributed by atoms with Crippen molar-refractivity contribution in [3.63, 3.8) is 0 Å². The molecule has 1 heterocycles. The fourth-order valence-corrected chi connectivity index (χ4v) is 1.34. The van der Waals surface area contributed by atoms with Crippen LogP contribution in [0.1, 0.15) is 18.9 Å². The molecule has 14 heavy (non-hydrogen) atoms. The first-order chi connectivity index (χ1) is 6.79. The number of hydrogen-bond donors (Lipinski definition) is 0. The lowest BCUT2D eigenvalue weighted by molar-refractivity contribution is -0.109. The van der Waals surface area contributed by atoms with Crippen molar-refractivity contribution < 1.29 is 4.79 Å². The lowest BCUT2D eigenvalue weighted by Gasteiger charge is -1.89. The first kappa shape index (κ1) is 10.8. The number of pyridine rings is 1. The van der Waals surface area contributed by atoms with Gasteiger partial charge in [-0.3, -0.25) is 9.78 Å². The summed E-state index contributed by atoms with van der Waals surface area (Å²) in [6, 6.07) is 3.77. The SMILES string of the molecule is CC(=O)SCCC#Cc1cccnc1. The van der Waals surface area contributed by atoms with Crippen LogP contribution in [0.15, 0.2) is 24.5 Å². The molecule has 72 valence electrons. The van der Waals surface area contributed by atoms with Crippen molar-refractivity contribution in [2.45, 2.75) is 13.3 Å². The van der Waals surface area contributed by atoms with Crippen LogP contribution in [0.3, 0.4) is 0 Å². The Morgan fingerprint density at radius 1 is 1.64 bits per heavy atom. The van der Waals surface area contributed by atoms with E-state index in [4.69, 9.17) is 0 Å². The summed E-state index contributed by atoms with van der Waals surface area (Å²) in [6.45, 7) is 1.57. The largest absolute Gasteiger partial charge is 0.288 e. The number of nitrogens with zero attached hydrogens (tertiary/aromatic N) is 1. The topological polar surface area (TPSA) is 30.0 Å². The van der Waals surface area contributed by atoms with Gasteiger partial charge in [0.2, 0.25) is 0 Å². The van der Waals surface area contributed by atoms with Crippen molar-refractivity contribution in [1.82, 2.24) is 4.98 Å². The second-order valence-electron chi connectivity index (χ2n) is 2.63. The molecule has 2 nitrogen and oxygen atoms in total. The molecule has 0 spiro atoms. The molecular weight excluding hydrogens is 194 g/mol. The van der Waals surface area contributed by atoms with E-state index in [0.717, 1.165) is 17.7 Å². The molecule has 0 fully saturated rings. The summed E-state index contributed by atoms with van der Waals surface area (Å²) in [6.07, 6.45) is 4.18. The zero-order valence-electron chi connectivity index (χ0n) is 7.99. The molecular formula is C11H11NOS. The van der Waals surface area contributed by atoms with Crippen molar-refractivity contribution in [3.8, 4) is 11.8 Å². The molecule has 3 heteroatoms. The molecule has 0 saturated heterocycles. The average molecular weight is 205 g/mol. The van der Waals surface area contributed by atoms with Crippen LogP contribution >= 0.6 is 11.8 Å². The van der Waals surface area contributed by atoms with Crippen molar-refractivity contribution in [1.29, 1.82) is 0 Å². The van der Waals surface area contributed by atoms with E-state index in [1.807, 2.05) is 12.1 Å². The highest BCUT2D eigenvalue weighted by Crippen LogP contribution is 2.02. The molecule has 0 aliphatic rings. The van der Waals surface area contributed by atoms with E-state index in [1.165, 1.54) is 11.8 Å². The lowest BCUT2D eigenvalue weighted by atomic mass is 10.3. The molecule has 0 atom stereocenters. The van der Waals surface area contributed by atoms with Crippen LogP contribution in [0.5, 0.6) is 0 Å². The van der Waals surface area contributed by atoms with Gasteiger partial charge < -0.3 is 0 Å². The molecule has 0 radical (unpaired) electrons. The quantitative estimate of drug-likeness (QED) is 0.547. The van der Waals surface area contributed by atoms with Crippen LogP contribution in [0.4, 0.5) is 0 Å². The van der Waals surface area contributed by atoms with Crippen LogP contribution in [0.2, 0.25) is 0 Å². The number of rotatable bonds is 2. The highest BCUT2D eigenvalue weighted by molar-refractivity contribution is 8.13. The predicted octanol–water partition coefficient (Wildman–Crippen LogP) is 2.10.